The Morgan fingerprint density at radius 2 is 1.86 bits per heavy atom. The number of nitrogens with two attached hydrogens (primary N) is 1. The standard InChI is InChI=1S/C19H19FN2O5S/c1-12(18(23)22-9-8-13-4-2-3-5-14(13)11-22)27-19(24)16-10-15(28(21,25)26)6-7-17(16)20/h2-7,10,12H,8-9,11H2,1H3,(H2,21,25,26)/t12-/m0/s1. The SMILES string of the molecule is C[C@H](OC(=O)c1cc(S(N)(=O)=O)ccc1F)C(=O)N1CCc2ccccc2C1. The van der Waals surface area contributed by atoms with Gasteiger partial charge in [0.15, 0.2) is 6.10 Å². The lowest BCUT2D eigenvalue weighted by Crippen LogP contribution is -2.42. The fraction of sp³-hybridized carbons (Fsp3) is 0.263. The maximum Gasteiger partial charge on any atom is 0.341 e. The second-order valence-corrected chi connectivity index (χ2v) is 8.07. The Labute approximate surface area is 161 Å². The summed E-state index contributed by atoms with van der Waals surface area (Å²) >= 11 is 0. The predicted octanol–water partition coefficient (Wildman–Crippen LogP) is 1.60. The number of fused-ring (bicyclic) bond motifs is 1. The molecule has 0 aliphatic carbocycles. The maximum atomic E-state index is 13.9. The highest BCUT2D eigenvalue weighted by Crippen LogP contribution is 2.20. The number of halogens is 1. The van der Waals surface area contributed by atoms with Crippen LogP contribution in [-0.4, -0.2) is 37.8 Å². The van der Waals surface area contributed by atoms with E-state index in [-0.39, 0.29) is 0 Å². The Kier molecular flexibility index (Phi) is 5.48. The highest BCUT2D eigenvalue weighted by atomic mass is 32.2. The van der Waals surface area contributed by atoms with E-state index in [4.69, 9.17) is 9.88 Å². The summed E-state index contributed by atoms with van der Waals surface area (Å²) in [5.41, 5.74) is 1.58. The molecule has 7 nitrogen and oxygen atoms in total. The molecule has 0 unspecified atom stereocenters. The third-order valence-electron chi connectivity index (χ3n) is 4.56. The molecule has 0 aromatic heterocycles. The number of hydrogen-bond donors (Lipinski definition) is 1. The summed E-state index contributed by atoms with van der Waals surface area (Å²) < 4.78 is 41.8. The molecular weight excluding hydrogens is 387 g/mol. The molecule has 0 saturated carbocycles. The Hall–Kier alpha value is -2.78. The van der Waals surface area contributed by atoms with Gasteiger partial charge in [0.05, 0.1) is 10.5 Å². The smallest absolute Gasteiger partial charge is 0.341 e. The Morgan fingerprint density at radius 1 is 1.18 bits per heavy atom. The molecule has 28 heavy (non-hydrogen) atoms. The highest BCUT2D eigenvalue weighted by molar-refractivity contribution is 7.89. The fourth-order valence-corrected chi connectivity index (χ4v) is 3.59. The molecule has 0 radical (unpaired) electrons. The van der Waals surface area contributed by atoms with Crippen LogP contribution in [0.25, 0.3) is 0 Å². The van der Waals surface area contributed by atoms with Gasteiger partial charge in [-0.15, -0.1) is 0 Å². The van der Waals surface area contributed by atoms with Gasteiger partial charge in [0.25, 0.3) is 5.91 Å². The number of sulfonamides is 1. The molecular formula is C19H19FN2O5S. The van der Waals surface area contributed by atoms with E-state index in [0.29, 0.717) is 19.5 Å². The van der Waals surface area contributed by atoms with Crippen LogP contribution in [0.2, 0.25) is 0 Å². The van der Waals surface area contributed by atoms with E-state index >= 15 is 0 Å². The lowest BCUT2D eigenvalue weighted by molar-refractivity contribution is -0.140. The Balaban J connectivity index is 1.72. The van der Waals surface area contributed by atoms with Gasteiger partial charge in [0.2, 0.25) is 10.0 Å². The molecule has 2 aromatic rings. The summed E-state index contributed by atoms with van der Waals surface area (Å²) in [5.74, 6) is -2.52. The molecule has 2 N–H and O–H groups in total. The number of esters is 1. The van der Waals surface area contributed by atoms with Gasteiger partial charge in [-0.1, -0.05) is 24.3 Å². The van der Waals surface area contributed by atoms with Crippen molar-refractivity contribution >= 4 is 21.9 Å². The average molecular weight is 406 g/mol. The van der Waals surface area contributed by atoms with Gasteiger partial charge in [-0.25, -0.2) is 22.7 Å². The molecule has 148 valence electrons. The van der Waals surface area contributed by atoms with Crippen molar-refractivity contribution in [3.63, 3.8) is 0 Å². The van der Waals surface area contributed by atoms with Crippen molar-refractivity contribution in [3.05, 3.63) is 65.0 Å². The number of primary sulfonamides is 1. The van der Waals surface area contributed by atoms with Crippen molar-refractivity contribution < 1.29 is 27.1 Å². The van der Waals surface area contributed by atoms with Crippen molar-refractivity contribution in [2.75, 3.05) is 6.54 Å². The molecule has 1 amide bonds. The third-order valence-corrected chi connectivity index (χ3v) is 5.47. The molecule has 1 aliphatic rings. The highest BCUT2D eigenvalue weighted by Gasteiger charge is 2.28. The van der Waals surface area contributed by atoms with Crippen LogP contribution in [0, 0.1) is 5.82 Å². The van der Waals surface area contributed by atoms with E-state index in [9.17, 15) is 22.4 Å². The predicted molar refractivity (Wildman–Crippen MR) is 98.2 cm³/mol. The van der Waals surface area contributed by atoms with Crippen LogP contribution in [0.3, 0.4) is 0 Å². The molecule has 9 heteroatoms. The zero-order chi connectivity index (χ0) is 20.5. The van der Waals surface area contributed by atoms with Crippen molar-refractivity contribution in [2.24, 2.45) is 5.14 Å². The summed E-state index contributed by atoms with van der Waals surface area (Å²) in [4.78, 5) is 26.0. The molecule has 1 atom stereocenters. The van der Waals surface area contributed by atoms with E-state index in [1.54, 1.807) is 4.90 Å². The van der Waals surface area contributed by atoms with Gasteiger partial charge in [0.1, 0.15) is 5.82 Å². The maximum absolute atomic E-state index is 13.9. The van der Waals surface area contributed by atoms with E-state index in [2.05, 4.69) is 0 Å². The zero-order valence-electron chi connectivity index (χ0n) is 15.1. The average Bonchev–Trinajstić information content (AvgIpc) is 2.66. The van der Waals surface area contributed by atoms with Crippen LogP contribution < -0.4 is 5.14 Å². The van der Waals surface area contributed by atoms with Gasteiger partial charge in [0, 0.05) is 13.1 Å². The van der Waals surface area contributed by atoms with Crippen molar-refractivity contribution in [3.8, 4) is 0 Å². The lowest BCUT2D eigenvalue weighted by atomic mass is 9.99. The lowest BCUT2D eigenvalue weighted by Gasteiger charge is -2.30. The normalized spacial score (nSPS) is 14.9. The summed E-state index contributed by atoms with van der Waals surface area (Å²) in [5, 5.41) is 5.00. The fourth-order valence-electron chi connectivity index (χ4n) is 3.05. The minimum atomic E-state index is -4.12. The molecule has 3 rings (SSSR count). The molecule has 0 saturated heterocycles. The molecule has 1 heterocycles. The molecule has 0 bridgehead atoms. The minimum absolute atomic E-state index is 0.395. The summed E-state index contributed by atoms with van der Waals surface area (Å²) in [7, 11) is -4.12. The van der Waals surface area contributed by atoms with Crippen LogP contribution >= 0.6 is 0 Å². The Morgan fingerprint density at radius 3 is 2.54 bits per heavy atom. The summed E-state index contributed by atoms with van der Waals surface area (Å²) in [6.07, 6.45) is -0.469. The number of benzene rings is 2. The van der Waals surface area contributed by atoms with E-state index in [1.807, 2.05) is 24.3 Å². The zero-order valence-corrected chi connectivity index (χ0v) is 15.9. The Bertz CT molecular complexity index is 1040. The van der Waals surface area contributed by atoms with Gasteiger partial charge in [-0.3, -0.25) is 4.79 Å². The first-order valence-electron chi connectivity index (χ1n) is 8.55. The minimum Gasteiger partial charge on any atom is -0.449 e. The van der Waals surface area contributed by atoms with Crippen molar-refractivity contribution in [2.45, 2.75) is 30.9 Å². The number of rotatable bonds is 4. The number of ether oxygens (including phenoxy) is 1. The molecule has 2 aromatic carbocycles. The van der Waals surface area contributed by atoms with Gasteiger partial charge < -0.3 is 9.64 Å². The van der Waals surface area contributed by atoms with Gasteiger partial charge in [-0.05, 0) is 42.7 Å². The van der Waals surface area contributed by atoms with E-state index in [1.165, 1.54) is 6.92 Å². The van der Waals surface area contributed by atoms with Crippen LogP contribution in [0.1, 0.15) is 28.4 Å². The summed E-state index contributed by atoms with van der Waals surface area (Å²) in [6.45, 7) is 2.27. The number of carbonyl (C=O) groups excluding carboxylic acids is 2. The van der Waals surface area contributed by atoms with E-state index < -0.39 is 44.3 Å². The topological polar surface area (TPSA) is 107 Å². The number of carbonyl (C=O) groups is 2. The van der Waals surface area contributed by atoms with Crippen LogP contribution in [0.4, 0.5) is 4.39 Å². The first-order chi connectivity index (χ1) is 13.2. The van der Waals surface area contributed by atoms with Crippen LogP contribution in [0.15, 0.2) is 47.4 Å². The molecule has 0 spiro atoms. The first kappa shape index (κ1) is 20.0. The number of nitrogens with zero attached hydrogens (tertiary/aromatic N) is 1. The van der Waals surface area contributed by atoms with Crippen molar-refractivity contribution in [1.29, 1.82) is 0 Å². The second-order valence-electron chi connectivity index (χ2n) is 6.51. The first-order valence-corrected chi connectivity index (χ1v) is 10.1. The third kappa shape index (κ3) is 4.20. The number of hydrogen-bond acceptors (Lipinski definition) is 5. The quantitative estimate of drug-likeness (QED) is 0.777. The molecule has 1 aliphatic heterocycles. The second kappa shape index (κ2) is 7.69. The van der Waals surface area contributed by atoms with E-state index in [0.717, 1.165) is 29.3 Å². The summed E-state index contributed by atoms with van der Waals surface area (Å²) in [6, 6.07) is 10.3. The van der Waals surface area contributed by atoms with Gasteiger partial charge >= 0.3 is 5.97 Å². The van der Waals surface area contributed by atoms with Gasteiger partial charge in [-0.2, -0.15) is 0 Å². The molecule has 0 fully saturated rings. The van der Waals surface area contributed by atoms with Crippen LogP contribution in [-0.2, 0) is 32.5 Å². The monoisotopic (exact) mass is 406 g/mol. The number of amides is 1. The van der Waals surface area contributed by atoms with Crippen molar-refractivity contribution in [1.82, 2.24) is 4.90 Å². The van der Waals surface area contributed by atoms with Crippen LogP contribution in [0.5, 0.6) is 0 Å². The largest absolute Gasteiger partial charge is 0.449 e.